The van der Waals surface area contributed by atoms with Crippen molar-refractivity contribution in [1.82, 2.24) is 4.98 Å². The summed E-state index contributed by atoms with van der Waals surface area (Å²) in [4.78, 5) is 4.34. The van der Waals surface area contributed by atoms with E-state index in [4.69, 9.17) is 5.73 Å². The molecule has 3 N–H and O–H groups in total. The number of hydrogen-bond acceptors (Lipinski definition) is 3. The molecule has 0 fully saturated rings. The molecule has 0 bridgehead atoms. The summed E-state index contributed by atoms with van der Waals surface area (Å²) in [6, 6.07) is 12.3. The Morgan fingerprint density at radius 3 is 2.39 bits per heavy atom. The number of rotatable bonds is 3. The monoisotopic (exact) mass is 317 g/mol. The normalized spacial score (nSPS) is 11.7. The van der Waals surface area contributed by atoms with Gasteiger partial charge in [-0.05, 0) is 42.0 Å². The van der Waals surface area contributed by atoms with Gasteiger partial charge in [0.2, 0.25) is 0 Å². The topological polar surface area (TPSA) is 50.9 Å². The second kappa shape index (κ2) is 5.89. The SMILES string of the molecule is NCc1ccc(Nc2ccc(C(F)(F)F)cc2)c2ncccc12. The third-order valence-corrected chi connectivity index (χ3v) is 3.57. The highest BCUT2D eigenvalue weighted by Gasteiger charge is 2.29. The minimum atomic E-state index is -4.34. The molecule has 23 heavy (non-hydrogen) atoms. The number of halogens is 3. The predicted molar refractivity (Wildman–Crippen MR) is 84.4 cm³/mol. The number of benzene rings is 2. The Morgan fingerprint density at radius 2 is 1.74 bits per heavy atom. The van der Waals surface area contributed by atoms with Crippen LogP contribution >= 0.6 is 0 Å². The first-order chi connectivity index (χ1) is 11.0. The molecular formula is C17H14F3N3. The van der Waals surface area contributed by atoms with Crippen molar-refractivity contribution in [1.29, 1.82) is 0 Å². The zero-order chi connectivity index (χ0) is 16.4. The van der Waals surface area contributed by atoms with Crippen LogP contribution in [-0.2, 0) is 12.7 Å². The van der Waals surface area contributed by atoms with E-state index >= 15 is 0 Å². The van der Waals surface area contributed by atoms with Gasteiger partial charge in [-0.15, -0.1) is 0 Å². The van der Waals surface area contributed by atoms with Gasteiger partial charge in [-0.3, -0.25) is 4.98 Å². The number of nitrogens with one attached hydrogen (secondary N) is 1. The van der Waals surface area contributed by atoms with Gasteiger partial charge < -0.3 is 11.1 Å². The molecule has 6 heteroatoms. The lowest BCUT2D eigenvalue weighted by molar-refractivity contribution is -0.137. The Bertz CT molecular complexity index is 827. The van der Waals surface area contributed by atoms with Crippen molar-refractivity contribution in [2.24, 2.45) is 5.73 Å². The number of nitrogens with zero attached hydrogens (tertiary/aromatic N) is 1. The van der Waals surface area contributed by atoms with Gasteiger partial charge in [-0.1, -0.05) is 12.1 Å². The lowest BCUT2D eigenvalue weighted by Gasteiger charge is -2.12. The summed E-state index contributed by atoms with van der Waals surface area (Å²) in [5.41, 5.74) is 8.02. The number of nitrogens with two attached hydrogens (primary N) is 1. The fourth-order valence-corrected chi connectivity index (χ4v) is 2.41. The maximum Gasteiger partial charge on any atom is 0.416 e. The van der Waals surface area contributed by atoms with Crippen molar-refractivity contribution in [2.75, 3.05) is 5.32 Å². The second-order valence-corrected chi connectivity index (χ2v) is 5.08. The fourth-order valence-electron chi connectivity index (χ4n) is 2.41. The van der Waals surface area contributed by atoms with Crippen molar-refractivity contribution < 1.29 is 13.2 Å². The van der Waals surface area contributed by atoms with Gasteiger partial charge in [-0.2, -0.15) is 13.2 Å². The summed E-state index contributed by atoms with van der Waals surface area (Å²) in [5.74, 6) is 0. The average Bonchev–Trinajstić information content (AvgIpc) is 2.55. The largest absolute Gasteiger partial charge is 0.416 e. The van der Waals surface area contributed by atoms with Crippen molar-refractivity contribution in [2.45, 2.75) is 12.7 Å². The molecule has 0 aliphatic heterocycles. The van der Waals surface area contributed by atoms with E-state index in [0.29, 0.717) is 12.2 Å². The third-order valence-electron chi connectivity index (χ3n) is 3.57. The number of alkyl halides is 3. The van der Waals surface area contributed by atoms with E-state index in [1.165, 1.54) is 12.1 Å². The van der Waals surface area contributed by atoms with E-state index in [-0.39, 0.29) is 0 Å². The van der Waals surface area contributed by atoms with E-state index in [1.807, 2.05) is 24.3 Å². The summed E-state index contributed by atoms with van der Waals surface area (Å²) >= 11 is 0. The van der Waals surface area contributed by atoms with Crippen molar-refractivity contribution >= 4 is 22.3 Å². The summed E-state index contributed by atoms with van der Waals surface area (Å²) in [7, 11) is 0. The summed E-state index contributed by atoms with van der Waals surface area (Å²) in [6.45, 7) is 0.392. The summed E-state index contributed by atoms with van der Waals surface area (Å²) in [5, 5.41) is 4.03. The van der Waals surface area contributed by atoms with Crippen LogP contribution in [0, 0.1) is 0 Å². The van der Waals surface area contributed by atoms with Crippen LogP contribution in [0.25, 0.3) is 10.9 Å². The van der Waals surface area contributed by atoms with E-state index < -0.39 is 11.7 Å². The van der Waals surface area contributed by atoms with Crippen LogP contribution in [0.15, 0.2) is 54.7 Å². The molecule has 118 valence electrons. The highest BCUT2D eigenvalue weighted by molar-refractivity contribution is 5.94. The van der Waals surface area contributed by atoms with Gasteiger partial charge in [0.25, 0.3) is 0 Å². The molecule has 1 heterocycles. The van der Waals surface area contributed by atoms with Crippen LogP contribution in [0.2, 0.25) is 0 Å². The smallest absolute Gasteiger partial charge is 0.354 e. The van der Waals surface area contributed by atoms with Crippen molar-refractivity contribution in [3.05, 3.63) is 65.9 Å². The molecule has 0 aliphatic carbocycles. The second-order valence-electron chi connectivity index (χ2n) is 5.08. The molecule has 0 saturated heterocycles. The molecule has 0 atom stereocenters. The Hall–Kier alpha value is -2.60. The van der Waals surface area contributed by atoms with E-state index in [9.17, 15) is 13.2 Å². The Morgan fingerprint density at radius 1 is 1.00 bits per heavy atom. The number of hydrogen-bond donors (Lipinski definition) is 2. The molecular weight excluding hydrogens is 303 g/mol. The Labute approximate surface area is 131 Å². The Balaban J connectivity index is 1.96. The average molecular weight is 317 g/mol. The Kier molecular flexibility index (Phi) is 3.92. The van der Waals surface area contributed by atoms with Crippen molar-refractivity contribution in [3.8, 4) is 0 Å². The molecule has 0 unspecified atom stereocenters. The van der Waals surface area contributed by atoms with E-state index in [1.54, 1.807) is 6.20 Å². The van der Waals surface area contributed by atoms with Crippen LogP contribution < -0.4 is 11.1 Å². The number of anilines is 2. The number of fused-ring (bicyclic) bond motifs is 1. The maximum absolute atomic E-state index is 12.6. The lowest BCUT2D eigenvalue weighted by Crippen LogP contribution is -2.04. The first-order valence-corrected chi connectivity index (χ1v) is 7.00. The van der Waals surface area contributed by atoms with Gasteiger partial charge in [0.05, 0.1) is 16.8 Å². The quantitative estimate of drug-likeness (QED) is 0.750. The van der Waals surface area contributed by atoms with Gasteiger partial charge in [0.1, 0.15) is 0 Å². The molecule has 1 aromatic heterocycles. The van der Waals surface area contributed by atoms with E-state index in [2.05, 4.69) is 10.3 Å². The molecule has 0 amide bonds. The first kappa shape index (κ1) is 15.3. The molecule has 3 aromatic rings. The molecule has 0 spiro atoms. The first-order valence-electron chi connectivity index (χ1n) is 7.00. The number of aromatic nitrogens is 1. The fraction of sp³-hybridized carbons (Fsp3) is 0.118. The van der Waals surface area contributed by atoms with E-state index in [0.717, 1.165) is 34.3 Å². The molecule has 0 aliphatic rings. The van der Waals surface area contributed by atoms with Gasteiger partial charge in [0, 0.05) is 23.8 Å². The summed E-state index contributed by atoms with van der Waals surface area (Å²) in [6.07, 6.45) is -2.67. The van der Waals surface area contributed by atoms with Gasteiger partial charge in [0.15, 0.2) is 0 Å². The van der Waals surface area contributed by atoms with Crippen LogP contribution in [0.1, 0.15) is 11.1 Å². The molecule has 2 aromatic carbocycles. The molecule has 0 saturated carbocycles. The van der Waals surface area contributed by atoms with Gasteiger partial charge in [-0.25, -0.2) is 0 Å². The number of pyridine rings is 1. The minimum absolute atomic E-state index is 0.392. The zero-order valence-corrected chi connectivity index (χ0v) is 12.1. The zero-order valence-electron chi connectivity index (χ0n) is 12.1. The lowest BCUT2D eigenvalue weighted by atomic mass is 10.1. The van der Waals surface area contributed by atoms with Crippen LogP contribution in [0.5, 0.6) is 0 Å². The third kappa shape index (κ3) is 3.12. The van der Waals surface area contributed by atoms with Crippen LogP contribution in [0.4, 0.5) is 24.5 Å². The highest BCUT2D eigenvalue weighted by atomic mass is 19.4. The van der Waals surface area contributed by atoms with Gasteiger partial charge >= 0.3 is 6.18 Å². The highest BCUT2D eigenvalue weighted by Crippen LogP contribution is 2.31. The molecule has 0 radical (unpaired) electrons. The molecule has 3 nitrogen and oxygen atoms in total. The minimum Gasteiger partial charge on any atom is -0.354 e. The molecule has 3 rings (SSSR count). The van der Waals surface area contributed by atoms with Crippen LogP contribution in [-0.4, -0.2) is 4.98 Å². The van der Waals surface area contributed by atoms with Crippen molar-refractivity contribution in [3.63, 3.8) is 0 Å². The maximum atomic E-state index is 12.6. The summed E-state index contributed by atoms with van der Waals surface area (Å²) < 4.78 is 37.8. The standard InChI is InChI=1S/C17H14F3N3/c18-17(19,20)12-4-6-13(7-5-12)23-15-8-3-11(10-21)14-2-1-9-22-16(14)15/h1-9,23H,10,21H2. The van der Waals surface area contributed by atoms with Crippen LogP contribution in [0.3, 0.4) is 0 Å². The predicted octanol–water partition coefficient (Wildman–Crippen LogP) is 4.46.